The highest BCUT2D eigenvalue weighted by Crippen LogP contribution is 2.58. The molecule has 9 rings (SSSR count). The number of hydrogen-bond donors (Lipinski definition) is 0. The van der Waals surface area contributed by atoms with Crippen molar-refractivity contribution in [2.24, 2.45) is 0 Å². The van der Waals surface area contributed by atoms with E-state index in [1.54, 1.807) is 0 Å². The predicted molar refractivity (Wildman–Crippen MR) is 203 cm³/mol. The van der Waals surface area contributed by atoms with E-state index in [1.807, 2.05) is 6.07 Å². The van der Waals surface area contributed by atoms with Crippen LogP contribution in [0.25, 0.3) is 55.3 Å². The Morgan fingerprint density at radius 3 is 1.62 bits per heavy atom. The maximum absolute atomic E-state index is 6.78. The van der Waals surface area contributed by atoms with Gasteiger partial charge in [-0.2, -0.15) is 0 Å². The minimum Gasteiger partial charge on any atom is -0.0837 e. The van der Waals surface area contributed by atoms with Crippen LogP contribution in [0.1, 0.15) is 22.3 Å². The van der Waals surface area contributed by atoms with Gasteiger partial charge in [-0.1, -0.05) is 188 Å². The minimum atomic E-state index is -0.457. The summed E-state index contributed by atoms with van der Waals surface area (Å²) in [6.07, 6.45) is 0. The second-order valence-corrected chi connectivity index (χ2v) is 12.9. The van der Waals surface area contributed by atoms with Gasteiger partial charge in [0.1, 0.15) is 0 Å². The molecule has 0 nitrogen and oxygen atoms in total. The van der Waals surface area contributed by atoms with Gasteiger partial charge in [0.15, 0.2) is 0 Å². The second kappa shape index (κ2) is 11.5. The Morgan fingerprint density at radius 2 is 0.896 bits per heavy atom. The molecule has 48 heavy (non-hydrogen) atoms. The molecule has 8 aromatic rings. The van der Waals surface area contributed by atoms with Crippen LogP contribution in [0.4, 0.5) is 0 Å². The van der Waals surface area contributed by atoms with E-state index in [9.17, 15) is 0 Å². The van der Waals surface area contributed by atoms with Crippen molar-refractivity contribution in [3.8, 4) is 44.5 Å². The van der Waals surface area contributed by atoms with Gasteiger partial charge in [-0.05, 0) is 84.3 Å². The second-order valence-electron chi connectivity index (χ2n) is 12.5. The Kier molecular flexibility index (Phi) is 6.85. The molecule has 1 aliphatic rings. The molecule has 1 heteroatoms. The quantitative estimate of drug-likeness (QED) is 0.177. The normalized spacial score (nSPS) is 12.9. The molecule has 0 N–H and O–H groups in total. The smallest absolute Gasteiger partial charge is 0.0713 e. The molecule has 0 fully saturated rings. The topological polar surface area (TPSA) is 0 Å². The summed E-state index contributed by atoms with van der Waals surface area (Å²) in [4.78, 5) is 0. The molecule has 0 radical (unpaired) electrons. The van der Waals surface area contributed by atoms with Gasteiger partial charge in [-0.15, -0.1) is 0 Å². The van der Waals surface area contributed by atoms with Crippen LogP contribution < -0.4 is 0 Å². The van der Waals surface area contributed by atoms with Crippen LogP contribution in [-0.2, 0) is 5.41 Å². The summed E-state index contributed by atoms with van der Waals surface area (Å²) in [5, 5.41) is 2.97. The van der Waals surface area contributed by atoms with Crippen LogP contribution in [0, 0.1) is 0 Å². The van der Waals surface area contributed by atoms with Crippen molar-refractivity contribution in [2.45, 2.75) is 5.41 Å². The molecular formula is C47H31Cl. The lowest BCUT2D eigenvalue weighted by Gasteiger charge is -2.34. The van der Waals surface area contributed by atoms with E-state index in [2.05, 4.69) is 182 Å². The lowest BCUT2D eigenvalue weighted by molar-refractivity contribution is 0.768. The van der Waals surface area contributed by atoms with Crippen LogP contribution in [-0.4, -0.2) is 0 Å². The van der Waals surface area contributed by atoms with Gasteiger partial charge in [0.2, 0.25) is 0 Å². The minimum absolute atomic E-state index is 0.457. The zero-order chi connectivity index (χ0) is 32.1. The third-order valence-corrected chi connectivity index (χ3v) is 10.4. The van der Waals surface area contributed by atoms with Gasteiger partial charge in [0.05, 0.1) is 5.41 Å². The Bertz CT molecular complexity index is 2400. The molecule has 0 saturated carbocycles. The SMILES string of the molecule is Clc1ccc(-c2cc(-c3ccccc3)ccc2-c2cccc3c2-c2ccccc2C3(c2ccccc2)c2ccccc2)c2ccccc12. The molecular weight excluding hydrogens is 600 g/mol. The number of fused-ring (bicyclic) bond motifs is 4. The fourth-order valence-corrected chi connectivity index (χ4v) is 8.25. The highest BCUT2D eigenvalue weighted by Gasteiger charge is 2.46. The monoisotopic (exact) mass is 630 g/mol. The molecule has 226 valence electrons. The summed E-state index contributed by atoms with van der Waals surface area (Å²) in [6.45, 7) is 0. The summed E-state index contributed by atoms with van der Waals surface area (Å²) in [6, 6.07) is 68.2. The Labute approximate surface area is 286 Å². The summed E-state index contributed by atoms with van der Waals surface area (Å²) < 4.78 is 0. The largest absolute Gasteiger partial charge is 0.0837 e. The predicted octanol–water partition coefficient (Wildman–Crippen LogP) is 12.9. The van der Waals surface area contributed by atoms with E-state index in [4.69, 9.17) is 11.6 Å². The number of benzene rings is 8. The molecule has 0 saturated heterocycles. The molecule has 0 bridgehead atoms. The highest BCUT2D eigenvalue weighted by atomic mass is 35.5. The summed E-state index contributed by atoms with van der Waals surface area (Å²) >= 11 is 6.78. The zero-order valence-electron chi connectivity index (χ0n) is 26.3. The standard InChI is InChI=1S/C47H31Cl/c48-45-30-29-37(36-21-10-11-22-39(36)45)42-31-33(32-15-4-1-5-16-32)27-28-38(42)40-24-14-26-44-46(40)41-23-12-13-25-43(41)47(44,34-17-6-2-7-18-34)35-19-8-3-9-20-35/h1-31H. The van der Waals surface area contributed by atoms with Crippen molar-refractivity contribution in [1.82, 2.24) is 0 Å². The highest BCUT2D eigenvalue weighted by molar-refractivity contribution is 6.36. The lowest BCUT2D eigenvalue weighted by atomic mass is 9.67. The van der Waals surface area contributed by atoms with Crippen LogP contribution >= 0.6 is 11.6 Å². The van der Waals surface area contributed by atoms with Crippen LogP contribution in [0.5, 0.6) is 0 Å². The van der Waals surface area contributed by atoms with E-state index in [0.29, 0.717) is 0 Å². The van der Waals surface area contributed by atoms with E-state index in [-0.39, 0.29) is 0 Å². The Balaban J connectivity index is 1.39. The number of halogens is 1. The number of rotatable bonds is 5. The Hall–Kier alpha value is -5.69. The zero-order valence-corrected chi connectivity index (χ0v) is 27.0. The maximum Gasteiger partial charge on any atom is 0.0713 e. The summed E-state index contributed by atoms with van der Waals surface area (Å²) in [5.74, 6) is 0. The van der Waals surface area contributed by atoms with Gasteiger partial charge in [0, 0.05) is 10.4 Å². The first-order valence-corrected chi connectivity index (χ1v) is 16.8. The van der Waals surface area contributed by atoms with Crippen LogP contribution in [0.2, 0.25) is 5.02 Å². The average Bonchev–Trinajstić information content (AvgIpc) is 3.47. The first-order chi connectivity index (χ1) is 23.7. The van der Waals surface area contributed by atoms with E-state index < -0.39 is 5.41 Å². The molecule has 0 unspecified atom stereocenters. The average molecular weight is 631 g/mol. The first kappa shape index (κ1) is 28.5. The van der Waals surface area contributed by atoms with E-state index in [1.165, 1.54) is 66.8 Å². The van der Waals surface area contributed by atoms with Gasteiger partial charge >= 0.3 is 0 Å². The van der Waals surface area contributed by atoms with Crippen molar-refractivity contribution >= 4 is 22.4 Å². The van der Waals surface area contributed by atoms with Crippen LogP contribution in [0.3, 0.4) is 0 Å². The first-order valence-electron chi connectivity index (χ1n) is 16.5. The molecule has 0 aliphatic heterocycles. The third kappa shape index (κ3) is 4.30. The van der Waals surface area contributed by atoms with Crippen LogP contribution in [0.15, 0.2) is 188 Å². The lowest BCUT2D eigenvalue weighted by Crippen LogP contribution is -2.28. The molecule has 8 aromatic carbocycles. The van der Waals surface area contributed by atoms with Gasteiger partial charge < -0.3 is 0 Å². The van der Waals surface area contributed by atoms with E-state index in [0.717, 1.165) is 15.8 Å². The fraction of sp³-hybridized carbons (Fsp3) is 0.0213. The van der Waals surface area contributed by atoms with Gasteiger partial charge in [-0.25, -0.2) is 0 Å². The third-order valence-electron chi connectivity index (χ3n) is 10.1. The van der Waals surface area contributed by atoms with Crippen molar-refractivity contribution in [2.75, 3.05) is 0 Å². The molecule has 1 aliphatic carbocycles. The molecule has 0 aromatic heterocycles. The Morgan fingerprint density at radius 1 is 0.333 bits per heavy atom. The van der Waals surface area contributed by atoms with Crippen molar-refractivity contribution in [1.29, 1.82) is 0 Å². The van der Waals surface area contributed by atoms with Gasteiger partial charge in [0.25, 0.3) is 0 Å². The number of hydrogen-bond acceptors (Lipinski definition) is 0. The van der Waals surface area contributed by atoms with Crippen molar-refractivity contribution in [3.05, 3.63) is 215 Å². The van der Waals surface area contributed by atoms with Crippen molar-refractivity contribution in [3.63, 3.8) is 0 Å². The molecule has 0 atom stereocenters. The molecule has 0 amide bonds. The van der Waals surface area contributed by atoms with E-state index >= 15 is 0 Å². The molecule has 0 heterocycles. The molecule has 0 spiro atoms. The summed E-state index contributed by atoms with van der Waals surface area (Å²) in [7, 11) is 0. The fourth-order valence-electron chi connectivity index (χ4n) is 8.03. The van der Waals surface area contributed by atoms with Gasteiger partial charge in [-0.3, -0.25) is 0 Å². The summed E-state index contributed by atoms with van der Waals surface area (Å²) in [5.41, 5.74) is 14.4. The maximum atomic E-state index is 6.78. The van der Waals surface area contributed by atoms with Crippen molar-refractivity contribution < 1.29 is 0 Å².